The molecule has 0 saturated heterocycles. The Balaban J connectivity index is 1.39. The van der Waals surface area contributed by atoms with Gasteiger partial charge in [0, 0.05) is 42.2 Å². The van der Waals surface area contributed by atoms with Crippen LogP contribution >= 0.6 is 0 Å². The second-order valence-electron chi connectivity index (χ2n) is 8.34. The Morgan fingerprint density at radius 3 is 2.49 bits per heavy atom. The highest BCUT2D eigenvalue weighted by molar-refractivity contribution is 5.98. The van der Waals surface area contributed by atoms with Gasteiger partial charge in [-0.2, -0.15) is 0 Å². The number of nitrogens with zero attached hydrogens (tertiary/aromatic N) is 2. The van der Waals surface area contributed by atoms with Crippen LogP contribution in [0.4, 0.5) is 13.2 Å². The molecule has 6 nitrogen and oxygen atoms in total. The number of hydrogen-bond donors (Lipinski definition) is 1. The van der Waals surface area contributed by atoms with E-state index in [0.29, 0.717) is 16.8 Å². The Morgan fingerprint density at radius 2 is 1.73 bits per heavy atom. The van der Waals surface area contributed by atoms with E-state index in [1.807, 2.05) is 0 Å². The Hall–Kier alpha value is -4.79. The van der Waals surface area contributed by atoms with Crippen LogP contribution in [0.25, 0.3) is 22.2 Å². The molecule has 0 spiro atoms. The van der Waals surface area contributed by atoms with Crippen molar-refractivity contribution >= 4 is 16.8 Å². The van der Waals surface area contributed by atoms with Gasteiger partial charge in [0.2, 0.25) is 0 Å². The lowest BCUT2D eigenvalue weighted by Crippen LogP contribution is -2.20. The number of aromatic amines is 1. The van der Waals surface area contributed by atoms with Crippen LogP contribution in [0.1, 0.15) is 21.6 Å². The molecule has 0 fully saturated rings. The number of ketones is 1. The van der Waals surface area contributed by atoms with Crippen LogP contribution in [0, 0.1) is 24.4 Å². The smallest absolute Gasteiger partial charge is 0.200 e. The van der Waals surface area contributed by atoms with Crippen molar-refractivity contribution in [1.82, 2.24) is 15.0 Å². The lowest BCUT2D eigenvalue weighted by molar-refractivity contribution is 0.0991. The van der Waals surface area contributed by atoms with Crippen LogP contribution in [0.15, 0.2) is 78.0 Å². The Labute approximate surface area is 208 Å². The van der Waals surface area contributed by atoms with Gasteiger partial charge in [-0.3, -0.25) is 14.6 Å². The van der Waals surface area contributed by atoms with Crippen molar-refractivity contribution in [2.24, 2.45) is 0 Å². The van der Waals surface area contributed by atoms with Crippen molar-refractivity contribution in [3.63, 3.8) is 0 Å². The summed E-state index contributed by atoms with van der Waals surface area (Å²) < 4.78 is 47.3. The van der Waals surface area contributed by atoms with Crippen LogP contribution in [0.5, 0.6) is 11.5 Å². The third-order valence-corrected chi connectivity index (χ3v) is 5.80. The highest BCUT2D eigenvalue weighted by atomic mass is 19.1. The molecule has 0 radical (unpaired) electrons. The van der Waals surface area contributed by atoms with Gasteiger partial charge in [0.1, 0.15) is 17.2 Å². The molecule has 37 heavy (non-hydrogen) atoms. The fourth-order valence-corrected chi connectivity index (χ4v) is 3.99. The molecule has 5 aromatic rings. The number of aromatic nitrogens is 3. The fraction of sp³-hybridized carbons (Fsp3) is 0.0714. The van der Waals surface area contributed by atoms with Gasteiger partial charge < -0.3 is 9.72 Å². The molecule has 1 N–H and O–H groups in total. The summed E-state index contributed by atoms with van der Waals surface area (Å²) in [6.45, 7) is 1.68. The number of carbonyl (C=O) groups excluding carboxylic acids is 1. The number of halogens is 3. The van der Waals surface area contributed by atoms with Crippen molar-refractivity contribution < 1.29 is 22.7 Å². The summed E-state index contributed by atoms with van der Waals surface area (Å²) in [5.41, 5.74) is 1.53. The molecule has 0 atom stereocenters. The molecule has 0 unspecified atom stereocenters. The van der Waals surface area contributed by atoms with Crippen LogP contribution in [-0.4, -0.2) is 20.7 Å². The molecule has 3 aromatic heterocycles. The molecule has 5 rings (SSSR count). The van der Waals surface area contributed by atoms with Crippen molar-refractivity contribution in [2.45, 2.75) is 13.3 Å². The molecule has 0 amide bonds. The van der Waals surface area contributed by atoms with Gasteiger partial charge in [-0.15, -0.1) is 0 Å². The van der Waals surface area contributed by atoms with E-state index in [4.69, 9.17) is 4.74 Å². The van der Waals surface area contributed by atoms with Crippen LogP contribution < -0.4 is 10.2 Å². The topological polar surface area (TPSA) is 84.9 Å². The van der Waals surface area contributed by atoms with Crippen molar-refractivity contribution in [3.05, 3.63) is 118 Å². The largest absolute Gasteiger partial charge is 0.452 e. The maximum atomic E-state index is 14.9. The van der Waals surface area contributed by atoms with Gasteiger partial charge in [-0.05, 0) is 42.3 Å². The number of nitrogens with one attached hydrogen (secondary N) is 1. The predicted octanol–water partition coefficient (Wildman–Crippen LogP) is 5.93. The number of ether oxygens (including phenoxy) is 1. The van der Waals surface area contributed by atoms with Crippen molar-refractivity contribution in [3.8, 4) is 22.6 Å². The average Bonchev–Trinajstić information content (AvgIpc) is 2.86. The lowest BCUT2D eigenvalue weighted by Gasteiger charge is -2.11. The van der Waals surface area contributed by atoms with E-state index in [9.17, 15) is 22.8 Å². The number of hydrogen-bond acceptors (Lipinski definition) is 5. The third kappa shape index (κ3) is 4.84. The zero-order chi connectivity index (χ0) is 26.1. The first-order chi connectivity index (χ1) is 17.8. The molecule has 184 valence electrons. The average molecular weight is 501 g/mol. The summed E-state index contributed by atoms with van der Waals surface area (Å²) in [6.07, 6.45) is 3.50. The van der Waals surface area contributed by atoms with Gasteiger partial charge in [-0.1, -0.05) is 18.2 Å². The molecule has 0 aliphatic carbocycles. The second kappa shape index (κ2) is 9.69. The maximum Gasteiger partial charge on any atom is 0.200 e. The maximum absolute atomic E-state index is 14.9. The molecule has 2 aromatic carbocycles. The molecule has 0 aliphatic rings. The van der Waals surface area contributed by atoms with E-state index in [0.717, 1.165) is 12.3 Å². The number of aryl methyl sites for hydroxylation is 1. The van der Waals surface area contributed by atoms with Gasteiger partial charge >= 0.3 is 0 Å². The molecule has 0 bridgehead atoms. The Morgan fingerprint density at radius 1 is 0.946 bits per heavy atom. The first-order valence-corrected chi connectivity index (χ1v) is 11.2. The van der Waals surface area contributed by atoms with E-state index in [-0.39, 0.29) is 40.1 Å². The monoisotopic (exact) mass is 501 g/mol. The number of rotatable bonds is 6. The number of pyridine rings is 3. The van der Waals surface area contributed by atoms with E-state index in [1.54, 1.807) is 6.92 Å². The summed E-state index contributed by atoms with van der Waals surface area (Å²) in [4.78, 5) is 37.0. The van der Waals surface area contributed by atoms with E-state index < -0.39 is 28.7 Å². The normalized spacial score (nSPS) is 11.0. The summed E-state index contributed by atoms with van der Waals surface area (Å²) in [5.74, 6) is -2.18. The van der Waals surface area contributed by atoms with Crippen molar-refractivity contribution in [2.75, 3.05) is 0 Å². The lowest BCUT2D eigenvalue weighted by atomic mass is 9.98. The molecule has 3 heterocycles. The fourth-order valence-electron chi connectivity index (χ4n) is 3.99. The highest BCUT2D eigenvalue weighted by Crippen LogP contribution is 2.30. The number of Topliss-reactive ketones (excluding diaryl/α,β-unsaturated/α-hetero) is 1. The van der Waals surface area contributed by atoms with Crippen LogP contribution in [-0.2, 0) is 6.42 Å². The minimum Gasteiger partial charge on any atom is -0.452 e. The third-order valence-electron chi connectivity index (χ3n) is 5.80. The minimum absolute atomic E-state index is 0.0905. The van der Waals surface area contributed by atoms with Crippen LogP contribution in [0.2, 0.25) is 0 Å². The summed E-state index contributed by atoms with van der Waals surface area (Å²) in [5, 5.41) is 0. The Bertz CT molecular complexity index is 1720. The van der Waals surface area contributed by atoms with E-state index in [2.05, 4.69) is 15.0 Å². The first kappa shape index (κ1) is 23.9. The minimum atomic E-state index is -0.734. The van der Waals surface area contributed by atoms with Crippen LogP contribution in [0.3, 0.4) is 0 Å². The van der Waals surface area contributed by atoms with E-state index in [1.165, 1.54) is 60.9 Å². The van der Waals surface area contributed by atoms with E-state index >= 15 is 0 Å². The molecule has 0 aliphatic heterocycles. The Kier molecular flexibility index (Phi) is 6.27. The van der Waals surface area contributed by atoms with Gasteiger partial charge in [0.05, 0.1) is 17.3 Å². The van der Waals surface area contributed by atoms with Gasteiger partial charge in [0.25, 0.3) is 0 Å². The molecular weight excluding hydrogens is 483 g/mol. The quantitative estimate of drug-likeness (QED) is 0.292. The van der Waals surface area contributed by atoms with Crippen molar-refractivity contribution in [1.29, 1.82) is 0 Å². The predicted molar refractivity (Wildman–Crippen MR) is 131 cm³/mol. The zero-order valence-electron chi connectivity index (χ0n) is 19.4. The summed E-state index contributed by atoms with van der Waals surface area (Å²) in [6, 6.07) is 12.1. The SMILES string of the molecule is Cc1[nH]cc(C(=O)Cc2ccc(Oc3ccnc4cc(F)cnc34)c(F)c2)c(=O)c1-c1ccc(F)cc1. The summed E-state index contributed by atoms with van der Waals surface area (Å²) in [7, 11) is 0. The second-order valence-corrected chi connectivity index (χ2v) is 8.34. The number of fused-ring (bicyclic) bond motifs is 1. The standard InChI is InChI=1S/C28H18F3N3O3/c1-15-26(17-3-5-18(29)6-4-17)28(36)20(14-33-15)23(35)11-16-2-7-24(21(31)10-16)37-25-8-9-32-22-12-19(30)13-34-27(22)25/h2-10,12-14H,11H2,1H3,(H,33,36). The zero-order valence-corrected chi connectivity index (χ0v) is 19.4. The number of benzene rings is 2. The summed E-state index contributed by atoms with van der Waals surface area (Å²) >= 11 is 0. The van der Waals surface area contributed by atoms with Gasteiger partial charge in [0.15, 0.2) is 28.5 Å². The number of H-pyrrole nitrogens is 1. The molecule has 9 heteroatoms. The molecule has 0 saturated carbocycles. The first-order valence-electron chi connectivity index (χ1n) is 11.2. The number of carbonyl (C=O) groups is 1. The highest BCUT2D eigenvalue weighted by Gasteiger charge is 2.18. The van der Waals surface area contributed by atoms with Gasteiger partial charge in [-0.25, -0.2) is 18.2 Å². The molecular formula is C28H18F3N3O3.